The predicted molar refractivity (Wildman–Crippen MR) is 39.3 cm³/mol. The minimum absolute atomic E-state index is 0.0481. The smallest absolute Gasteiger partial charge is 0.356 e. The first-order valence-electron chi connectivity index (χ1n) is 3.71. The lowest BCUT2D eigenvalue weighted by Crippen LogP contribution is -2.14. The lowest BCUT2D eigenvalue weighted by atomic mass is 10.4. The highest BCUT2D eigenvalue weighted by Crippen LogP contribution is 2.17. The molecule has 1 aromatic heterocycles. The Balaban J connectivity index is 2.38. The highest BCUT2D eigenvalue weighted by atomic mass is 16.5. The van der Waals surface area contributed by atoms with E-state index in [4.69, 9.17) is 9.84 Å². The van der Waals surface area contributed by atoms with Gasteiger partial charge in [-0.3, -0.25) is 0 Å². The molecule has 1 aliphatic heterocycles. The zero-order valence-electron chi connectivity index (χ0n) is 6.36. The topological polar surface area (TPSA) is 64.3 Å². The van der Waals surface area contributed by atoms with Crippen LogP contribution < -0.4 is 4.74 Å². The first-order chi connectivity index (χ1) is 5.77. The van der Waals surface area contributed by atoms with Crippen LogP contribution in [0.25, 0.3) is 0 Å². The van der Waals surface area contributed by atoms with Crippen molar-refractivity contribution >= 4 is 5.97 Å². The number of carboxylic acid groups (broad SMARTS) is 1. The third kappa shape index (κ3) is 1.03. The second kappa shape index (κ2) is 2.51. The normalized spacial score (nSPS) is 15.0. The molecule has 2 rings (SSSR count). The van der Waals surface area contributed by atoms with Gasteiger partial charge in [0, 0.05) is 19.0 Å². The van der Waals surface area contributed by atoms with E-state index in [1.165, 1.54) is 6.07 Å². The minimum Gasteiger partial charge on any atom is -0.478 e. The van der Waals surface area contributed by atoms with Gasteiger partial charge >= 0.3 is 5.97 Å². The summed E-state index contributed by atoms with van der Waals surface area (Å²) in [5, 5.41) is 12.4. The first-order valence-corrected chi connectivity index (χ1v) is 3.71. The summed E-state index contributed by atoms with van der Waals surface area (Å²) < 4.78 is 6.77. The molecule has 64 valence electrons. The summed E-state index contributed by atoms with van der Waals surface area (Å²) in [5.41, 5.74) is 0.0481. The number of rotatable bonds is 1. The van der Waals surface area contributed by atoms with Gasteiger partial charge in [0.05, 0.1) is 6.61 Å². The molecule has 5 nitrogen and oxygen atoms in total. The Morgan fingerprint density at radius 1 is 1.75 bits per heavy atom. The van der Waals surface area contributed by atoms with Crippen LogP contribution in [0, 0.1) is 0 Å². The molecule has 0 saturated carbocycles. The highest BCUT2D eigenvalue weighted by molar-refractivity contribution is 5.85. The fraction of sp³-hybridized carbons (Fsp3) is 0.429. The molecule has 0 radical (unpaired) electrons. The molecule has 0 aliphatic carbocycles. The van der Waals surface area contributed by atoms with Gasteiger partial charge in [-0.1, -0.05) is 0 Å². The number of carbonyl (C=O) groups is 1. The molecule has 0 amide bonds. The second-order valence-electron chi connectivity index (χ2n) is 2.60. The van der Waals surface area contributed by atoms with Gasteiger partial charge < -0.3 is 9.84 Å². The molecule has 0 aromatic carbocycles. The summed E-state index contributed by atoms with van der Waals surface area (Å²) >= 11 is 0. The zero-order valence-corrected chi connectivity index (χ0v) is 6.36. The molecule has 0 bridgehead atoms. The van der Waals surface area contributed by atoms with Crippen LogP contribution in [-0.4, -0.2) is 27.5 Å². The van der Waals surface area contributed by atoms with Gasteiger partial charge in [0.1, 0.15) is 0 Å². The third-order valence-corrected chi connectivity index (χ3v) is 1.73. The van der Waals surface area contributed by atoms with E-state index in [2.05, 4.69) is 5.10 Å². The average Bonchev–Trinajstić information content (AvgIpc) is 2.46. The number of hydrogen-bond acceptors (Lipinski definition) is 3. The molecular formula is C7H8N2O3. The summed E-state index contributed by atoms with van der Waals surface area (Å²) in [5.74, 6) is -0.459. The molecule has 0 saturated heterocycles. The van der Waals surface area contributed by atoms with Crippen LogP contribution in [0.4, 0.5) is 0 Å². The molecule has 1 aromatic rings. The summed E-state index contributed by atoms with van der Waals surface area (Å²) in [4.78, 5) is 10.5. The van der Waals surface area contributed by atoms with Crippen molar-refractivity contribution in [1.82, 2.24) is 9.78 Å². The minimum atomic E-state index is -1.01. The van der Waals surface area contributed by atoms with Crippen LogP contribution in [0.2, 0.25) is 0 Å². The van der Waals surface area contributed by atoms with E-state index < -0.39 is 5.97 Å². The molecule has 0 unspecified atom stereocenters. The standard InChI is InChI=1S/C7H8N2O3/c10-7(11)5-4-6-9(8-5)2-1-3-12-6/h4H,1-3H2,(H,10,11). The number of nitrogens with zero attached hydrogens (tertiary/aromatic N) is 2. The van der Waals surface area contributed by atoms with Crippen molar-refractivity contribution in [3.63, 3.8) is 0 Å². The Morgan fingerprint density at radius 2 is 2.58 bits per heavy atom. The quantitative estimate of drug-likeness (QED) is 0.657. The summed E-state index contributed by atoms with van der Waals surface area (Å²) in [6.07, 6.45) is 0.883. The Labute approximate surface area is 68.6 Å². The zero-order chi connectivity index (χ0) is 8.55. The van der Waals surface area contributed by atoms with E-state index >= 15 is 0 Å². The maximum absolute atomic E-state index is 10.5. The second-order valence-corrected chi connectivity index (χ2v) is 2.60. The van der Waals surface area contributed by atoms with Crippen molar-refractivity contribution < 1.29 is 14.6 Å². The monoisotopic (exact) mass is 168 g/mol. The SMILES string of the molecule is O=C(O)c1cc2n(n1)CCCO2. The molecule has 0 atom stereocenters. The van der Waals surface area contributed by atoms with Crippen LogP contribution in [0.15, 0.2) is 6.07 Å². The number of fused-ring (bicyclic) bond motifs is 1. The van der Waals surface area contributed by atoms with Crippen LogP contribution in [0.1, 0.15) is 16.9 Å². The maximum Gasteiger partial charge on any atom is 0.356 e. The van der Waals surface area contributed by atoms with E-state index in [0.29, 0.717) is 12.5 Å². The number of hydrogen-bond donors (Lipinski definition) is 1. The van der Waals surface area contributed by atoms with Gasteiger partial charge in [0.2, 0.25) is 5.88 Å². The number of aryl methyl sites for hydroxylation is 1. The molecule has 0 spiro atoms. The van der Waals surface area contributed by atoms with Gasteiger partial charge in [-0.2, -0.15) is 5.10 Å². The Kier molecular flexibility index (Phi) is 1.49. The molecule has 0 fully saturated rings. The van der Waals surface area contributed by atoms with Gasteiger partial charge in [0.15, 0.2) is 5.69 Å². The summed E-state index contributed by atoms with van der Waals surface area (Å²) in [7, 11) is 0. The summed E-state index contributed by atoms with van der Waals surface area (Å²) in [6.45, 7) is 1.38. The van der Waals surface area contributed by atoms with Crippen molar-refractivity contribution in [1.29, 1.82) is 0 Å². The number of aromatic nitrogens is 2. The van der Waals surface area contributed by atoms with Crippen molar-refractivity contribution in [2.24, 2.45) is 0 Å². The highest BCUT2D eigenvalue weighted by Gasteiger charge is 2.16. The van der Waals surface area contributed by atoms with Crippen LogP contribution in [0.5, 0.6) is 5.88 Å². The lowest BCUT2D eigenvalue weighted by molar-refractivity contribution is 0.0689. The predicted octanol–water partition coefficient (Wildman–Crippen LogP) is 0.364. The van der Waals surface area contributed by atoms with Gasteiger partial charge in [-0.25, -0.2) is 9.48 Å². The summed E-state index contributed by atoms with van der Waals surface area (Å²) in [6, 6.07) is 1.45. The van der Waals surface area contributed by atoms with E-state index in [1.54, 1.807) is 4.68 Å². The Hall–Kier alpha value is -1.52. The number of carboxylic acids is 1. The largest absolute Gasteiger partial charge is 0.478 e. The fourth-order valence-electron chi connectivity index (χ4n) is 1.17. The molecule has 2 heterocycles. The van der Waals surface area contributed by atoms with Crippen LogP contribution in [0.3, 0.4) is 0 Å². The van der Waals surface area contributed by atoms with Crippen molar-refractivity contribution in [2.75, 3.05) is 6.61 Å². The van der Waals surface area contributed by atoms with E-state index in [-0.39, 0.29) is 5.69 Å². The first kappa shape index (κ1) is 7.15. The lowest BCUT2D eigenvalue weighted by Gasteiger charge is -2.13. The van der Waals surface area contributed by atoms with Crippen LogP contribution in [-0.2, 0) is 6.54 Å². The molecule has 12 heavy (non-hydrogen) atoms. The van der Waals surface area contributed by atoms with E-state index in [1.807, 2.05) is 0 Å². The molecule has 1 aliphatic rings. The number of aromatic carboxylic acids is 1. The van der Waals surface area contributed by atoms with Crippen LogP contribution >= 0.6 is 0 Å². The number of ether oxygens (including phenoxy) is 1. The third-order valence-electron chi connectivity index (χ3n) is 1.73. The van der Waals surface area contributed by atoms with E-state index in [9.17, 15) is 4.79 Å². The van der Waals surface area contributed by atoms with E-state index in [0.717, 1.165) is 13.0 Å². The fourth-order valence-corrected chi connectivity index (χ4v) is 1.17. The molecular weight excluding hydrogens is 160 g/mol. The van der Waals surface area contributed by atoms with Crippen molar-refractivity contribution in [3.8, 4) is 5.88 Å². The molecule has 1 N–H and O–H groups in total. The maximum atomic E-state index is 10.5. The van der Waals surface area contributed by atoms with Gasteiger partial charge in [0.25, 0.3) is 0 Å². The van der Waals surface area contributed by atoms with Gasteiger partial charge in [-0.15, -0.1) is 0 Å². The molecule has 5 heteroatoms. The van der Waals surface area contributed by atoms with Crippen molar-refractivity contribution in [3.05, 3.63) is 11.8 Å². The van der Waals surface area contributed by atoms with Crippen molar-refractivity contribution in [2.45, 2.75) is 13.0 Å². The Bertz CT molecular complexity index is 295. The van der Waals surface area contributed by atoms with Gasteiger partial charge in [-0.05, 0) is 0 Å². The average molecular weight is 168 g/mol. The Morgan fingerprint density at radius 3 is 3.25 bits per heavy atom.